The fourth-order valence-corrected chi connectivity index (χ4v) is 1.84. The third-order valence-corrected chi connectivity index (χ3v) is 3.34. The van der Waals surface area contributed by atoms with E-state index in [-0.39, 0.29) is 0 Å². The highest BCUT2D eigenvalue weighted by Gasteiger charge is 2.22. The third-order valence-electron chi connectivity index (χ3n) is 2.43. The zero-order valence-electron chi connectivity index (χ0n) is 9.16. The van der Waals surface area contributed by atoms with Gasteiger partial charge >= 0.3 is 0 Å². The summed E-state index contributed by atoms with van der Waals surface area (Å²) in [7, 11) is 1.98. The Labute approximate surface area is 89.8 Å². The molecule has 1 rings (SSSR count). The minimum Gasteiger partial charge on any atom is -0.285 e. The molecular weight excluding hydrogens is 192 g/mol. The van der Waals surface area contributed by atoms with E-state index in [4.69, 9.17) is 5.26 Å². The van der Waals surface area contributed by atoms with Gasteiger partial charge in [-0.2, -0.15) is 5.26 Å². The number of rotatable bonds is 3. The van der Waals surface area contributed by atoms with Crippen molar-refractivity contribution < 1.29 is 0 Å². The fourth-order valence-electron chi connectivity index (χ4n) is 1.14. The monoisotopic (exact) mass is 208 g/mol. The van der Waals surface area contributed by atoms with Crippen LogP contribution in [0.25, 0.3) is 0 Å². The van der Waals surface area contributed by atoms with Gasteiger partial charge < -0.3 is 0 Å². The average Bonchev–Trinajstić information content (AvgIpc) is 2.51. The van der Waals surface area contributed by atoms with Crippen LogP contribution < -0.4 is 0 Å². The molecule has 0 bridgehead atoms. The van der Waals surface area contributed by atoms with Crippen molar-refractivity contribution >= 4 is 11.3 Å². The molecule has 0 fully saturated rings. The molecule has 1 aromatic rings. The van der Waals surface area contributed by atoms with E-state index in [1.54, 1.807) is 11.3 Å². The summed E-state index contributed by atoms with van der Waals surface area (Å²) >= 11 is 1.76. The zero-order valence-corrected chi connectivity index (χ0v) is 9.98. The molecule has 0 aliphatic heterocycles. The van der Waals surface area contributed by atoms with Crippen LogP contribution in [-0.4, -0.2) is 17.5 Å². The van der Waals surface area contributed by atoms with E-state index in [0.717, 1.165) is 6.54 Å². The second-order valence-electron chi connectivity index (χ2n) is 4.09. The van der Waals surface area contributed by atoms with Crippen molar-refractivity contribution in [2.75, 3.05) is 7.05 Å². The van der Waals surface area contributed by atoms with Gasteiger partial charge in [-0.1, -0.05) is 0 Å². The maximum atomic E-state index is 8.96. The van der Waals surface area contributed by atoms with Crippen LogP contribution in [0.15, 0.2) is 11.4 Å². The van der Waals surface area contributed by atoms with Gasteiger partial charge in [-0.15, -0.1) is 11.3 Å². The second kappa shape index (κ2) is 4.12. The standard InChI is InChI=1S/C11H16N2S/c1-9-5-10(7-14-9)6-13(4)11(2,3)8-12/h5,7H,6H2,1-4H3. The van der Waals surface area contributed by atoms with Gasteiger partial charge in [-0.25, -0.2) is 0 Å². The smallest absolute Gasteiger partial charge is 0.103 e. The quantitative estimate of drug-likeness (QED) is 0.763. The van der Waals surface area contributed by atoms with Gasteiger partial charge in [0, 0.05) is 11.4 Å². The number of hydrogen-bond donors (Lipinski definition) is 0. The number of thiophene rings is 1. The Balaban J connectivity index is 2.67. The first-order valence-corrected chi connectivity index (χ1v) is 5.50. The first-order chi connectivity index (χ1) is 6.45. The molecule has 1 heterocycles. The van der Waals surface area contributed by atoms with Gasteiger partial charge in [0.25, 0.3) is 0 Å². The zero-order chi connectivity index (χ0) is 10.8. The lowest BCUT2D eigenvalue weighted by molar-refractivity contribution is 0.203. The molecule has 0 saturated heterocycles. The number of nitrogens with zero attached hydrogens (tertiary/aromatic N) is 2. The SMILES string of the molecule is Cc1cc(CN(C)C(C)(C)C#N)cs1. The van der Waals surface area contributed by atoms with Crippen molar-refractivity contribution in [1.29, 1.82) is 5.26 Å². The summed E-state index contributed by atoms with van der Waals surface area (Å²) < 4.78 is 0. The Morgan fingerprint density at radius 1 is 1.57 bits per heavy atom. The highest BCUT2D eigenvalue weighted by atomic mass is 32.1. The number of aryl methyl sites for hydroxylation is 1. The highest BCUT2D eigenvalue weighted by Crippen LogP contribution is 2.18. The summed E-state index contributed by atoms with van der Waals surface area (Å²) in [5, 5.41) is 11.1. The number of hydrogen-bond acceptors (Lipinski definition) is 3. The second-order valence-corrected chi connectivity index (χ2v) is 5.21. The van der Waals surface area contributed by atoms with Crippen LogP contribution in [0.5, 0.6) is 0 Å². The van der Waals surface area contributed by atoms with E-state index >= 15 is 0 Å². The van der Waals surface area contributed by atoms with Crippen molar-refractivity contribution in [2.45, 2.75) is 32.9 Å². The minimum atomic E-state index is -0.393. The van der Waals surface area contributed by atoms with E-state index in [9.17, 15) is 0 Å². The first kappa shape index (κ1) is 11.2. The third kappa shape index (κ3) is 2.57. The van der Waals surface area contributed by atoms with Crippen LogP contribution in [-0.2, 0) is 6.54 Å². The lowest BCUT2D eigenvalue weighted by Crippen LogP contribution is -2.38. The summed E-state index contributed by atoms with van der Waals surface area (Å²) in [4.78, 5) is 3.39. The molecule has 1 aromatic heterocycles. The van der Waals surface area contributed by atoms with Gasteiger partial charge in [0.1, 0.15) is 5.54 Å². The van der Waals surface area contributed by atoms with Gasteiger partial charge in [-0.3, -0.25) is 4.90 Å². The van der Waals surface area contributed by atoms with Gasteiger partial charge in [0.2, 0.25) is 0 Å². The Hall–Kier alpha value is -0.850. The predicted octanol–water partition coefficient (Wildman–Crippen LogP) is 2.79. The maximum absolute atomic E-state index is 8.96. The van der Waals surface area contributed by atoms with Gasteiger partial charge in [0.15, 0.2) is 0 Å². The minimum absolute atomic E-state index is 0.393. The maximum Gasteiger partial charge on any atom is 0.103 e. The lowest BCUT2D eigenvalue weighted by atomic mass is 10.1. The van der Waals surface area contributed by atoms with Crippen molar-refractivity contribution in [3.05, 3.63) is 21.9 Å². The van der Waals surface area contributed by atoms with E-state index in [0.29, 0.717) is 0 Å². The first-order valence-electron chi connectivity index (χ1n) is 4.62. The lowest BCUT2D eigenvalue weighted by Gasteiger charge is -2.28. The molecule has 0 aromatic carbocycles. The van der Waals surface area contributed by atoms with Crippen molar-refractivity contribution in [2.24, 2.45) is 0 Å². The average molecular weight is 208 g/mol. The van der Waals surface area contributed by atoms with E-state index in [1.807, 2.05) is 20.9 Å². The highest BCUT2D eigenvalue weighted by molar-refractivity contribution is 7.10. The van der Waals surface area contributed by atoms with Crippen LogP contribution in [0.4, 0.5) is 0 Å². The molecule has 0 amide bonds. The Kier molecular flexibility index (Phi) is 3.30. The van der Waals surface area contributed by atoms with Crippen LogP contribution in [0, 0.1) is 18.3 Å². The van der Waals surface area contributed by atoms with Crippen LogP contribution in [0.2, 0.25) is 0 Å². The summed E-state index contributed by atoms with van der Waals surface area (Å²) in [5.74, 6) is 0. The van der Waals surface area contributed by atoms with Crippen molar-refractivity contribution in [3.63, 3.8) is 0 Å². The predicted molar refractivity (Wildman–Crippen MR) is 60.2 cm³/mol. The van der Waals surface area contributed by atoms with Crippen LogP contribution >= 0.6 is 11.3 Å². The normalized spacial score (nSPS) is 11.7. The van der Waals surface area contributed by atoms with Crippen molar-refractivity contribution in [1.82, 2.24) is 4.90 Å². The topological polar surface area (TPSA) is 27.0 Å². The molecule has 2 nitrogen and oxygen atoms in total. The van der Waals surface area contributed by atoms with E-state index in [2.05, 4.69) is 29.3 Å². The largest absolute Gasteiger partial charge is 0.285 e. The molecule has 0 saturated carbocycles. The van der Waals surface area contributed by atoms with Gasteiger partial charge in [0.05, 0.1) is 6.07 Å². The molecule has 0 aliphatic rings. The molecule has 0 N–H and O–H groups in total. The van der Waals surface area contributed by atoms with Crippen molar-refractivity contribution in [3.8, 4) is 6.07 Å². The molecule has 14 heavy (non-hydrogen) atoms. The molecule has 0 spiro atoms. The number of nitriles is 1. The molecule has 0 aliphatic carbocycles. The summed E-state index contributed by atoms with van der Waals surface area (Å²) in [6.45, 7) is 6.81. The van der Waals surface area contributed by atoms with Crippen LogP contribution in [0.3, 0.4) is 0 Å². The summed E-state index contributed by atoms with van der Waals surface area (Å²) in [6.07, 6.45) is 0. The molecule has 0 unspecified atom stereocenters. The summed E-state index contributed by atoms with van der Waals surface area (Å²) in [6, 6.07) is 4.47. The molecule has 0 atom stereocenters. The molecule has 0 radical (unpaired) electrons. The Morgan fingerprint density at radius 3 is 2.64 bits per heavy atom. The summed E-state index contributed by atoms with van der Waals surface area (Å²) in [5.41, 5.74) is 0.897. The Bertz CT molecular complexity index is 346. The molecule has 76 valence electrons. The molecule has 3 heteroatoms. The van der Waals surface area contributed by atoms with Gasteiger partial charge in [-0.05, 0) is 44.8 Å². The van der Waals surface area contributed by atoms with E-state index in [1.165, 1.54) is 10.4 Å². The fraction of sp³-hybridized carbons (Fsp3) is 0.545. The Morgan fingerprint density at radius 2 is 2.21 bits per heavy atom. The van der Waals surface area contributed by atoms with Crippen LogP contribution in [0.1, 0.15) is 24.3 Å². The van der Waals surface area contributed by atoms with E-state index < -0.39 is 5.54 Å². The molecular formula is C11H16N2S.